The number of carbonyl (C=O) groups excluding carboxylic acids is 1. The SMILES string of the molecule is CCCCCC(C)Nc1cccc(NC(=O)C(C)C)c1. The Morgan fingerprint density at radius 1 is 1.15 bits per heavy atom. The summed E-state index contributed by atoms with van der Waals surface area (Å²) in [6.07, 6.45) is 4.98. The van der Waals surface area contributed by atoms with Gasteiger partial charge in [-0.05, 0) is 31.5 Å². The van der Waals surface area contributed by atoms with Crippen LogP contribution in [0.5, 0.6) is 0 Å². The van der Waals surface area contributed by atoms with Gasteiger partial charge in [0.05, 0.1) is 0 Å². The third-order valence-electron chi connectivity index (χ3n) is 3.31. The highest BCUT2D eigenvalue weighted by atomic mass is 16.1. The van der Waals surface area contributed by atoms with E-state index in [0.717, 1.165) is 11.4 Å². The van der Waals surface area contributed by atoms with E-state index in [1.165, 1.54) is 25.7 Å². The summed E-state index contributed by atoms with van der Waals surface area (Å²) in [4.78, 5) is 11.7. The fourth-order valence-corrected chi connectivity index (χ4v) is 2.03. The maximum Gasteiger partial charge on any atom is 0.226 e. The molecule has 1 aromatic carbocycles. The molecule has 0 aliphatic rings. The van der Waals surface area contributed by atoms with Gasteiger partial charge in [-0.2, -0.15) is 0 Å². The van der Waals surface area contributed by atoms with Gasteiger partial charge in [-0.3, -0.25) is 4.79 Å². The van der Waals surface area contributed by atoms with Crippen LogP contribution >= 0.6 is 0 Å². The molecular formula is C17H28N2O. The number of rotatable bonds is 8. The van der Waals surface area contributed by atoms with Crippen molar-refractivity contribution in [2.24, 2.45) is 5.92 Å². The molecule has 0 aromatic heterocycles. The highest BCUT2D eigenvalue weighted by Crippen LogP contribution is 2.18. The van der Waals surface area contributed by atoms with Crippen molar-refractivity contribution in [2.45, 2.75) is 59.4 Å². The summed E-state index contributed by atoms with van der Waals surface area (Å²) in [6.45, 7) is 8.22. The van der Waals surface area contributed by atoms with E-state index in [2.05, 4.69) is 24.5 Å². The molecule has 0 aliphatic carbocycles. The van der Waals surface area contributed by atoms with Crippen molar-refractivity contribution in [3.05, 3.63) is 24.3 Å². The molecular weight excluding hydrogens is 248 g/mol. The lowest BCUT2D eigenvalue weighted by molar-refractivity contribution is -0.118. The highest BCUT2D eigenvalue weighted by molar-refractivity contribution is 5.92. The number of anilines is 2. The van der Waals surface area contributed by atoms with E-state index in [9.17, 15) is 4.79 Å². The van der Waals surface area contributed by atoms with Crippen LogP contribution in [0.15, 0.2) is 24.3 Å². The number of hydrogen-bond acceptors (Lipinski definition) is 2. The minimum atomic E-state index is -0.000386. The molecule has 1 amide bonds. The summed E-state index contributed by atoms with van der Waals surface area (Å²) >= 11 is 0. The molecule has 0 spiro atoms. The molecule has 0 radical (unpaired) electrons. The smallest absolute Gasteiger partial charge is 0.226 e. The molecule has 3 heteroatoms. The normalized spacial score (nSPS) is 12.2. The second kappa shape index (κ2) is 8.62. The van der Waals surface area contributed by atoms with Crippen LogP contribution < -0.4 is 10.6 Å². The minimum absolute atomic E-state index is 0.000386. The van der Waals surface area contributed by atoms with Gasteiger partial charge in [0.15, 0.2) is 0 Å². The summed E-state index contributed by atoms with van der Waals surface area (Å²) in [5.74, 6) is 0.0535. The van der Waals surface area contributed by atoms with Crippen LogP contribution in [0.25, 0.3) is 0 Å². The minimum Gasteiger partial charge on any atom is -0.383 e. The topological polar surface area (TPSA) is 41.1 Å². The van der Waals surface area contributed by atoms with E-state index in [0.29, 0.717) is 6.04 Å². The van der Waals surface area contributed by atoms with E-state index < -0.39 is 0 Å². The number of carbonyl (C=O) groups is 1. The molecule has 1 unspecified atom stereocenters. The Morgan fingerprint density at radius 3 is 2.50 bits per heavy atom. The third kappa shape index (κ3) is 6.09. The van der Waals surface area contributed by atoms with Crippen LogP contribution in [0, 0.1) is 5.92 Å². The van der Waals surface area contributed by atoms with Gasteiger partial charge in [-0.25, -0.2) is 0 Å². The first-order valence-corrected chi connectivity index (χ1v) is 7.70. The molecule has 20 heavy (non-hydrogen) atoms. The van der Waals surface area contributed by atoms with E-state index in [-0.39, 0.29) is 11.8 Å². The summed E-state index contributed by atoms with van der Waals surface area (Å²) < 4.78 is 0. The highest BCUT2D eigenvalue weighted by Gasteiger charge is 2.08. The van der Waals surface area contributed by atoms with Crippen molar-refractivity contribution < 1.29 is 4.79 Å². The Balaban J connectivity index is 2.52. The largest absolute Gasteiger partial charge is 0.383 e. The fraction of sp³-hybridized carbons (Fsp3) is 0.588. The second-order valence-electron chi connectivity index (χ2n) is 5.77. The van der Waals surface area contributed by atoms with E-state index in [1.54, 1.807) is 0 Å². The molecule has 0 heterocycles. The quantitative estimate of drug-likeness (QED) is 0.678. The molecule has 0 fully saturated rings. The lowest BCUT2D eigenvalue weighted by Gasteiger charge is -2.16. The predicted molar refractivity (Wildman–Crippen MR) is 87.1 cm³/mol. The van der Waals surface area contributed by atoms with Crippen molar-refractivity contribution in [3.63, 3.8) is 0 Å². The van der Waals surface area contributed by atoms with Crippen LogP contribution in [-0.4, -0.2) is 11.9 Å². The monoisotopic (exact) mass is 276 g/mol. The van der Waals surface area contributed by atoms with Gasteiger partial charge >= 0.3 is 0 Å². The zero-order valence-electron chi connectivity index (χ0n) is 13.2. The Hall–Kier alpha value is -1.51. The standard InChI is InChI=1S/C17H28N2O/c1-5-6-7-9-14(4)18-15-10-8-11-16(12-15)19-17(20)13(2)3/h8,10-14,18H,5-7,9H2,1-4H3,(H,19,20). The van der Waals surface area contributed by atoms with Gasteiger partial charge in [0.25, 0.3) is 0 Å². The third-order valence-corrected chi connectivity index (χ3v) is 3.31. The molecule has 3 nitrogen and oxygen atoms in total. The van der Waals surface area contributed by atoms with E-state index in [4.69, 9.17) is 0 Å². The van der Waals surface area contributed by atoms with Gasteiger partial charge in [0, 0.05) is 23.3 Å². The van der Waals surface area contributed by atoms with Crippen molar-refractivity contribution >= 4 is 17.3 Å². The molecule has 1 aromatic rings. The zero-order chi connectivity index (χ0) is 15.0. The Labute approximate surface area is 123 Å². The summed E-state index contributed by atoms with van der Waals surface area (Å²) in [7, 11) is 0. The Bertz CT molecular complexity index is 415. The maximum atomic E-state index is 11.7. The molecule has 0 bridgehead atoms. The number of amides is 1. The zero-order valence-corrected chi connectivity index (χ0v) is 13.2. The first-order valence-electron chi connectivity index (χ1n) is 7.70. The average Bonchev–Trinajstić information content (AvgIpc) is 2.39. The number of hydrogen-bond donors (Lipinski definition) is 2. The molecule has 1 rings (SSSR count). The van der Waals surface area contributed by atoms with Crippen LogP contribution in [-0.2, 0) is 4.79 Å². The molecule has 0 saturated heterocycles. The number of unbranched alkanes of at least 4 members (excludes halogenated alkanes) is 2. The van der Waals surface area contributed by atoms with Crippen LogP contribution in [0.1, 0.15) is 53.4 Å². The Morgan fingerprint density at radius 2 is 1.85 bits per heavy atom. The van der Waals surface area contributed by atoms with Gasteiger partial charge in [-0.1, -0.05) is 46.1 Å². The lowest BCUT2D eigenvalue weighted by atomic mass is 10.1. The van der Waals surface area contributed by atoms with Gasteiger partial charge in [-0.15, -0.1) is 0 Å². The van der Waals surface area contributed by atoms with Crippen molar-refractivity contribution in [3.8, 4) is 0 Å². The van der Waals surface area contributed by atoms with Crippen LogP contribution in [0.3, 0.4) is 0 Å². The molecule has 1 atom stereocenters. The van der Waals surface area contributed by atoms with Gasteiger partial charge < -0.3 is 10.6 Å². The lowest BCUT2D eigenvalue weighted by Crippen LogP contribution is -2.18. The Kier molecular flexibility index (Phi) is 7.13. The van der Waals surface area contributed by atoms with E-state index in [1.807, 2.05) is 38.1 Å². The molecule has 0 saturated carbocycles. The number of benzene rings is 1. The summed E-state index contributed by atoms with van der Waals surface area (Å²) in [5.41, 5.74) is 1.92. The second-order valence-corrected chi connectivity index (χ2v) is 5.77. The molecule has 112 valence electrons. The average molecular weight is 276 g/mol. The summed E-state index contributed by atoms with van der Waals surface area (Å²) in [6, 6.07) is 8.39. The van der Waals surface area contributed by atoms with Crippen LogP contribution in [0.2, 0.25) is 0 Å². The maximum absolute atomic E-state index is 11.7. The van der Waals surface area contributed by atoms with Crippen molar-refractivity contribution in [1.82, 2.24) is 0 Å². The van der Waals surface area contributed by atoms with Crippen LogP contribution in [0.4, 0.5) is 11.4 Å². The van der Waals surface area contributed by atoms with Gasteiger partial charge in [0.2, 0.25) is 5.91 Å². The molecule has 0 aliphatic heterocycles. The first kappa shape index (κ1) is 16.5. The van der Waals surface area contributed by atoms with Gasteiger partial charge in [0.1, 0.15) is 0 Å². The first-order chi connectivity index (χ1) is 9.52. The van der Waals surface area contributed by atoms with Crippen molar-refractivity contribution in [1.29, 1.82) is 0 Å². The summed E-state index contributed by atoms with van der Waals surface area (Å²) in [5, 5.41) is 6.42. The molecule has 2 N–H and O–H groups in total. The fourth-order valence-electron chi connectivity index (χ4n) is 2.03. The van der Waals surface area contributed by atoms with E-state index >= 15 is 0 Å². The number of nitrogens with one attached hydrogen (secondary N) is 2. The predicted octanol–water partition coefficient (Wildman–Crippen LogP) is 4.66. The van der Waals surface area contributed by atoms with Crippen molar-refractivity contribution in [2.75, 3.05) is 10.6 Å².